The van der Waals surface area contributed by atoms with Gasteiger partial charge in [0.2, 0.25) is 11.8 Å². The quantitative estimate of drug-likeness (QED) is 0.445. The van der Waals surface area contributed by atoms with E-state index in [4.69, 9.17) is 4.42 Å². The van der Waals surface area contributed by atoms with Gasteiger partial charge in [-0.25, -0.2) is 0 Å². The predicted molar refractivity (Wildman–Crippen MR) is 104 cm³/mol. The van der Waals surface area contributed by atoms with Crippen molar-refractivity contribution in [2.45, 2.75) is 6.42 Å². The van der Waals surface area contributed by atoms with Gasteiger partial charge in [0.05, 0.1) is 6.42 Å². The van der Waals surface area contributed by atoms with Crippen LogP contribution in [0.4, 0.5) is 0 Å². The number of halogens is 1. The van der Waals surface area contributed by atoms with Crippen molar-refractivity contribution in [1.82, 2.24) is 10.2 Å². The maximum Gasteiger partial charge on any atom is 0.240 e. The van der Waals surface area contributed by atoms with Crippen LogP contribution in [0.1, 0.15) is 22.9 Å². The van der Waals surface area contributed by atoms with Crippen molar-refractivity contribution in [3.63, 3.8) is 0 Å². The van der Waals surface area contributed by atoms with E-state index in [9.17, 15) is 0 Å². The highest BCUT2D eigenvalue weighted by atomic mass is 79.9. The minimum atomic E-state index is 0.514. The third-order valence-corrected chi connectivity index (χ3v) is 4.51. The molecule has 25 heavy (non-hydrogen) atoms. The summed E-state index contributed by atoms with van der Waals surface area (Å²) >= 11 is 3.43. The van der Waals surface area contributed by atoms with Gasteiger partial charge in [-0.3, -0.25) is 0 Å². The van der Waals surface area contributed by atoms with Crippen molar-refractivity contribution in [3.8, 4) is 0 Å². The molecule has 1 aromatic heterocycles. The molecule has 0 amide bonds. The fourth-order valence-corrected chi connectivity index (χ4v) is 3.00. The van der Waals surface area contributed by atoms with Crippen LogP contribution in [0.15, 0.2) is 75.6 Å². The van der Waals surface area contributed by atoms with E-state index in [-0.39, 0.29) is 0 Å². The number of aromatic nitrogens is 2. The molecule has 0 saturated carbocycles. The molecular weight excluding hydrogens is 376 g/mol. The van der Waals surface area contributed by atoms with Gasteiger partial charge in [0.1, 0.15) is 0 Å². The average molecular weight is 391 g/mol. The van der Waals surface area contributed by atoms with Gasteiger partial charge in [0.25, 0.3) is 0 Å². The molecule has 122 valence electrons. The Labute approximate surface area is 154 Å². The third kappa shape index (κ3) is 3.69. The van der Waals surface area contributed by atoms with E-state index in [1.54, 1.807) is 0 Å². The first-order chi connectivity index (χ1) is 12.3. The molecule has 0 saturated heterocycles. The Kier molecular flexibility index (Phi) is 4.44. The zero-order valence-corrected chi connectivity index (χ0v) is 15.0. The Morgan fingerprint density at radius 3 is 2.52 bits per heavy atom. The molecule has 3 nitrogen and oxygen atoms in total. The SMILES string of the molecule is Brc1ccc(Cc2nnc(C=Cc3cccc4ccccc34)o2)cc1. The van der Waals surface area contributed by atoms with Gasteiger partial charge in [-0.2, -0.15) is 0 Å². The maximum absolute atomic E-state index is 5.73. The van der Waals surface area contributed by atoms with Crippen molar-refractivity contribution in [1.29, 1.82) is 0 Å². The van der Waals surface area contributed by atoms with E-state index in [2.05, 4.69) is 56.5 Å². The van der Waals surface area contributed by atoms with Crippen molar-refractivity contribution in [2.24, 2.45) is 0 Å². The van der Waals surface area contributed by atoms with Crippen molar-refractivity contribution >= 4 is 38.9 Å². The van der Waals surface area contributed by atoms with Crippen LogP contribution in [0.25, 0.3) is 22.9 Å². The highest BCUT2D eigenvalue weighted by Crippen LogP contribution is 2.20. The molecule has 0 bridgehead atoms. The first kappa shape index (κ1) is 15.8. The summed E-state index contributed by atoms with van der Waals surface area (Å²) in [4.78, 5) is 0. The van der Waals surface area contributed by atoms with Crippen LogP contribution in [-0.2, 0) is 6.42 Å². The van der Waals surface area contributed by atoms with Crippen LogP contribution in [0.5, 0.6) is 0 Å². The smallest absolute Gasteiger partial charge is 0.240 e. The normalized spacial score (nSPS) is 11.4. The van der Waals surface area contributed by atoms with E-state index in [1.165, 1.54) is 10.8 Å². The molecule has 0 aliphatic rings. The lowest BCUT2D eigenvalue weighted by Gasteiger charge is -2.00. The number of fused-ring (bicyclic) bond motifs is 1. The van der Waals surface area contributed by atoms with E-state index in [0.29, 0.717) is 18.2 Å². The van der Waals surface area contributed by atoms with Gasteiger partial charge in [-0.1, -0.05) is 70.5 Å². The zero-order chi connectivity index (χ0) is 17.1. The summed E-state index contributed by atoms with van der Waals surface area (Å²) < 4.78 is 6.79. The molecule has 0 aliphatic carbocycles. The van der Waals surface area contributed by atoms with Gasteiger partial charge in [0.15, 0.2) is 0 Å². The Bertz CT molecular complexity index is 1030. The minimum absolute atomic E-state index is 0.514. The number of nitrogens with zero attached hydrogens (tertiary/aromatic N) is 2. The standard InChI is InChI=1S/C21H15BrN2O/c22-18-11-8-15(9-12-18)14-21-24-23-20(25-21)13-10-17-6-3-5-16-4-1-2-7-19(16)17/h1-13H,14H2. The highest BCUT2D eigenvalue weighted by Gasteiger charge is 2.05. The Balaban J connectivity index is 1.54. The molecule has 0 atom stereocenters. The van der Waals surface area contributed by atoms with Crippen molar-refractivity contribution in [2.75, 3.05) is 0 Å². The van der Waals surface area contributed by atoms with Crippen LogP contribution >= 0.6 is 15.9 Å². The lowest BCUT2D eigenvalue weighted by molar-refractivity contribution is 0.496. The van der Waals surface area contributed by atoms with Crippen molar-refractivity contribution < 1.29 is 4.42 Å². The Hall–Kier alpha value is -2.72. The van der Waals surface area contributed by atoms with Gasteiger partial charge in [-0.05, 0) is 40.1 Å². The molecule has 3 aromatic carbocycles. The number of benzene rings is 3. The molecule has 0 aliphatic heterocycles. The molecule has 0 fully saturated rings. The third-order valence-electron chi connectivity index (χ3n) is 3.98. The second kappa shape index (κ2) is 7.03. The summed E-state index contributed by atoms with van der Waals surface area (Å²) in [7, 11) is 0. The van der Waals surface area contributed by atoms with Crippen LogP contribution in [-0.4, -0.2) is 10.2 Å². The van der Waals surface area contributed by atoms with E-state index >= 15 is 0 Å². The molecule has 0 radical (unpaired) electrons. The van der Waals surface area contributed by atoms with E-state index < -0.39 is 0 Å². The fraction of sp³-hybridized carbons (Fsp3) is 0.0476. The highest BCUT2D eigenvalue weighted by molar-refractivity contribution is 9.10. The first-order valence-electron chi connectivity index (χ1n) is 8.00. The predicted octanol–water partition coefficient (Wildman–Crippen LogP) is 5.75. The number of hydrogen-bond acceptors (Lipinski definition) is 3. The second-order valence-corrected chi connectivity index (χ2v) is 6.65. The van der Waals surface area contributed by atoms with Gasteiger partial charge < -0.3 is 4.42 Å². The second-order valence-electron chi connectivity index (χ2n) is 5.74. The summed E-state index contributed by atoms with van der Waals surface area (Å²) in [5.74, 6) is 1.12. The first-order valence-corrected chi connectivity index (χ1v) is 8.80. The van der Waals surface area contributed by atoms with Crippen LogP contribution in [0.3, 0.4) is 0 Å². The molecule has 0 spiro atoms. The van der Waals surface area contributed by atoms with Gasteiger partial charge >= 0.3 is 0 Å². The van der Waals surface area contributed by atoms with Crippen LogP contribution < -0.4 is 0 Å². The van der Waals surface area contributed by atoms with E-state index in [1.807, 2.05) is 48.6 Å². The number of hydrogen-bond donors (Lipinski definition) is 0. The molecule has 0 N–H and O–H groups in total. The summed E-state index contributed by atoms with van der Waals surface area (Å²) in [5, 5.41) is 10.7. The summed E-state index contributed by atoms with van der Waals surface area (Å²) in [6.45, 7) is 0. The monoisotopic (exact) mass is 390 g/mol. The van der Waals surface area contributed by atoms with E-state index in [0.717, 1.165) is 15.6 Å². The molecule has 4 rings (SSSR count). The molecule has 4 aromatic rings. The lowest BCUT2D eigenvalue weighted by atomic mass is 10.0. The van der Waals surface area contributed by atoms with Crippen LogP contribution in [0.2, 0.25) is 0 Å². The maximum atomic E-state index is 5.73. The van der Waals surface area contributed by atoms with Gasteiger partial charge in [-0.15, -0.1) is 10.2 Å². The summed E-state index contributed by atoms with van der Waals surface area (Å²) in [6.07, 6.45) is 4.50. The largest absolute Gasteiger partial charge is 0.421 e. The Morgan fingerprint density at radius 2 is 1.64 bits per heavy atom. The molecular formula is C21H15BrN2O. The number of rotatable bonds is 4. The van der Waals surface area contributed by atoms with Crippen LogP contribution in [0, 0.1) is 0 Å². The topological polar surface area (TPSA) is 38.9 Å². The zero-order valence-electron chi connectivity index (χ0n) is 13.4. The summed E-state index contributed by atoms with van der Waals surface area (Å²) in [6, 6.07) is 22.6. The van der Waals surface area contributed by atoms with Gasteiger partial charge in [0, 0.05) is 10.5 Å². The molecule has 4 heteroatoms. The van der Waals surface area contributed by atoms with Crippen molar-refractivity contribution in [3.05, 3.63) is 94.1 Å². The lowest BCUT2D eigenvalue weighted by Crippen LogP contribution is -1.87. The fourth-order valence-electron chi connectivity index (χ4n) is 2.74. The molecule has 1 heterocycles. The minimum Gasteiger partial charge on any atom is -0.421 e. The molecule has 0 unspecified atom stereocenters. The average Bonchev–Trinajstić information content (AvgIpc) is 3.09. The summed E-state index contributed by atoms with van der Waals surface area (Å²) in [5.41, 5.74) is 2.27. The Morgan fingerprint density at radius 1 is 0.840 bits per heavy atom.